The van der Waals surface area contributed by atoms with E-state index in [0.717, 1.165) is 0 Å². The lowest BCUT2D eigenvalue weighted by molar-refractivity contribution is -0.146. The Hall–Kier alpha value is -1.50. The lowest BCUT2D eigenvalue weighted by atomic mass is 10.1. The smallest absolute Gasteiger partial charge is 0.331 e. The molecule has 0 saturated carbocycles. The lowest BCUT2D eigenvalue weighted by Gasteiger charge is -2.23. The van der Waals surface area contributed by atoms with Crippen LogP contribution in [0.2, 0.25) is 0 Å². The summed E-state index contributed by atoms with van der Waals surface area (Å²) in [6.07, 6.45) is 0. The Kier molecular flexibility index (Phi) is 3.51. The minimum absolute atomic E-state index is 0.174. The third-order valence-corrected chi connectivity index (χ3v) is 2.22. The Morgan fingerprint density at radius 3 is 2.41 bits per heavy atom. The summed E-state index contributed by atoms with van der Waals surface area (Å²) >= 11 is 0. The quantitative estimate of drug-likeness (QED) is 0.840. The molecule has 96 valence electrons. The summed E-state index contributed by atoms with van der Waals surface area (Å²) in [7, 11) is 0. The summed E-state index contributed by atoms with van der Waals surface area (Å²) in [6, 6.07) is 0. The molecule has 0 aliphatic carbocycles. The molecule has 7 nitrogen and oxygen atoms in total. The zero-order valence-electron chi connectivity index (χ0n) is 10.8. The molecule has 1 aromatic rings. The summed E-state index contributed by atoms with van der Waals surface area (Å²) in [5.41, 5.74) is -1.52. The highest BCUT2D eigenvalue weighted by Crippen LogP contribution is 2.17. The maximum atomic E-state index is 11.1. The maximum Gasteiger partial charge on any atom is 0.331 e. The van der Waals surface area contributed by atoms with Gasteiger partial charge < -0.3 is 9.84 Å². The van der Waals surface area contributed by atoms with Gasteiger partial charge in [-0.15, -0.1) is 5.10 Å². The first-order valence-electron chi connectivity index (χ1n) is 5.29. The largest absolute Gasteiger partial charge is 0.479 e. The van der Waals surface area contributed by atoms with Crippen LogP contribution in [0.15, 0.2) is 0 Å². The van der Waals surface area contributed by atoms with Crippen molar-refractivity contribution < 1.29 is 14.6 Å². The molecule has 0 unspecified atom stereocenters. The second-order valence-corrected chi connectivity index (χ2v) is 5.27. The van der Waals surface area contributed by atoms with Crippen molar-refractivity contribution in [2.24, 2.45) is 0 Å². The molecule has 0 aliphatic heterocycles. The number of ether oxygens (including phenoxy) is 1. The standard InChI is InChI=1S/C10H18N4O3/c1-9(2,3)17-6-7-11-12-13-14(7)10(4,5)8(15)16/h6H2,1-5H3,(H,15,16). The molecule has 1 aromatic heterocycles. The molecule has 0 saturated heterocycles. The van der Waals surface area contributed by atoms with E-state index in [0.29, 0.717) is 5.82 Å². The van der Waals surface area contributed by atoms with Gasteiger partial charge in [-0.1, -0.05) is 0 Å². The molecule has 7 heteroatoms. The fourth-order valence-corrected chi connectivity index (χ4v) is 1.10. The van der Waals surface area contributed by atoms with E-state index in [1.54, 1.807) is 0 Å². The SMILES string of the molecule is CC(C)(C)OCc1nnnn1C(C)(C)C(=O)O. The first-order chi connectivity index (χ1) is 7.64. The number of hydrogen-bond acceptors (Lipinski definition) is 5. The Labute approximate surface area is 99.8 Å². The summed E-state index contributed by atoms with van der Waals surface area (Å²) in [5.74, 6) is -0.603. The van der Waals surface area contributed by atoms with Gasteiger partial charge in [0, 0.05) is 0 Å². The Bertz CT molecular complexity index is 406. The molecule has 0 aliphatic rings. The molecule has 0 amide bonds. The Morgan fingerprint density at radius 1 is 1.35 bits per heavy atom. The molecule has 0 spiro atoms. The van der Waals surface area contributed by atoms with Crippen molar-refractivity contribution in [1.82, 2.24) is 20.2 Å². The van der Waals surface area contributed by atoms with Crippen molar-refractivity contribution in [2.45, 2.75) is 52.4 Å². The van der Waals surface area contributed by atoms with Gasteiger partial charge in [0.2, 0.25) is 0 Å². The average Bonchev–Trinajstić information content (AvgIpc) is 2.61. The van der Waals surface area contributed by atoms with Gasteiger partial charge in [-0.25, -0.2) is 9.48 Å². The summed E-state index contributed by atoms with van der Waals surface area (Å²) in [4.78, 5) is 11.1. The predicted molar refractivity (Wildman–Crippen MR) is 59.3 cm³/mol. The second kappa shape index (κ2) is 4.40. The van der Waals surface area contributed by atoms with E-state index in [-0.39, 0.29) is 12.2 Å². The molecular weight excluding hydrogens is 224 g/mol. The normalized spacial score (nSPS) is 12.8. The fourth-order valence-electron chi connectivity index (χ4n) is 1.10. The van der Waals surface area contributed by atoms with Gasteiger partial charge in [-0.05, 0) is 45.0 Å². The monoisotopic (exact) mass is 242 g/mol. The predicted octanol–water partition coefficient (Wildman–Crippen LogP) is 0.808. The van der Waals surface area contributed by atoms with Crippen LogP contribution in [-0.4, -0.2) is 36.9 Å². The highest BCUT2D eigenvalue weighted by Gasteiger charge is 2.33. The van der Waals surface area contributed by atoms with Gasteiger partial charge in [-0.2, -0.15) is 0 Å². The molecule has 0 radical (unpaired) electrons. The molecule has 1 rings (SSSR count). The number of hydrogen-bond donors (Lipinski definition) is 1. The van der Waals surface area contributed by atoms with Crippen LogP contribution in [0.4, 0.5) is 0 Å². The van der Waals surface area contributed by atoms with E-state index in [1.807, 2.05) is 20.8 Å². The van der Waals surface area contributed by atoms with Crippen molar-refractivity contribution in [1.29, 1.82) is 0 Å². The van der Waals surface area contributed by atoms with E-state index in [1.165, 1.54) is 18.5 Å². The van der Waals surface area contributed by atoms with Crippen LogP contribution in [-0.2, 0) is 21.7 Å². The van der Waals surface area contributed by atoms with Crippen molar-refractivity contribution in [3.63, 3.8) is 0 Å². The van der Waals surface area contributed by atoms with Gasteiger partial charge in [0.05, 0.1) is 5.60 Å². The van der Waals surface area contributed by atoms with Crippen LogP contribution in [0.3, 0.4) is 0 Å². The maximum absolute atomic E-state index is 11.1. The number of carbonyl (C=O) groups is 1. The van der Waals surface area contributed by atoms with Crippen LogP contribution >= 0.6 is 0 Å². The topological polar surface area (TPSA) is 90.1 Å². The summed E-state index contributed by atoms with van der Waals surface area (Å²) in [5, 5.41) is 20.1. The van der Waals surface area contributed by atoms with Crippen LogP contribution in [0.5, 0.6) is 0 Å². The van der Waals surface area contributed by atoms with Gasteiger partial charge in [0.25, 0.3) is 0 Å². The Balaban J connectivity index is 2.90. The fraction of sp³-hybridized carbons (Fsp3) is 0.800. The first-order valence-corrected chi connectivity index (χ1v) is 5.29. The van der Waals surface area contributed by atoms with Crippen molar-refractivity contribution in [3.05, 3.63) is 5.82 Å². The van der Waals surface area contributed by atoms with E-state index in [4.69, 9.17) is 9.84 Å². The van der Waals surface area contributed by atoms with Gasteiger partial charge in [0.15, 0.2) is 11.4 Å². The summed E-state index contributed by atoms with van der Waals surface area (Å²) < 4.78 is 6.80. The minimum Gasteiger partial charge on any atom is -0.479 e. The number of carboxylic acids is 1. The Morgan fingerprint density at radius 2 is 1.94 bits per heavy atom. The van der Waals surface area contributed by atoms with E-state index in [2.05, 4.69) is 15.5 Å². The molecule has 0 aromatic carbocycles. The zero-order chi connectivity index (χ0) is 13.3. The molecule has 17 heavy (non-hydrogen) atoms. The number of rotatable bonds is 4. The number of nitrogens with zero attached hydrogens (tertiary/aromatic N) is 4. The van der Waals surface area contributed by atoms with Gasteiger partial charge in [0.1, 0.15) is 6.61 Å². The van der Waals surface area contributed by atoms with Crippen LogP contribution < -0.4 is 0 Å². The van der Waals surface area contributed by atoms with Crippen LogP contribution in [0, 0.1) is 0 Å². The number of aromatic nitrogens is 4. The highest BCUT2D eigenvalue weighted by molar-refractivity contribution is 5.75. The molecule has 1 N–H and O–H groups in total. The number of tetrazole rings is 1. The lowest BCUT2D eigenvalue weighted by Crippen LogP contribution is -2.38. The second-order valence-electron chi connectivity index (χ2n) is 5.27. The van der Waals surface area contributed by atoms with E-state index >= 15 is 0 Å². The van der Waals surface area contributed by atoms with Gasteiger partial charge in [-0.3, -0.25) is 0 Å². The van der Waals surface area contributed by atoms with Crippen molar-refractivity contribution >= 4 is 5.97 Å². The van der Waals surface area contributed by atoms with E-state index in [9.17, 15) is 4.79 Å². The molecule has 0 atom stereocenters. The first kappa shape index (κ1) is 13.6. The van der Waals surface area contributed by atoms with E-state index < -0.39 is 11.5 Å². The van der Waals surface area contributed by atoms with Gasteiger partial charge >= 0.3 is 5.97 Å². The minimum atomic E-state index is -1.19. The molecule has 0 fully saturated rings. The van der Waals surface area contributed by atoms with Crippen LogP contribution in [0.1, 0.15) is 40.4 Å². The van der Waals surface area contributed by atoms with Crippen molar-refractivity contribution in [3.8, 4) is 0 Å². The third kappa shape index (κ3) is 3.23. The zero-order valence-corrected chi connectivity index (χ0v) is 10.8. The number of aliphatic carboxylic acids is 1. The highest BCUT2D eigenvalue weighted by atomic mass is 16.5. The molecule has 0 bridgehead atoms. The number of carboxylic acid groups (broad SMARTS) is 1. The van der Waals surface area contributed by atoms with Crippen LogP contribution in [0.25, 0.3) is 0 Å². The third-order valence-electron chi connectivity index (χ3n) is 2.22. The molecule has 1 heterocycles. The molecular formula is C10H18N4O3. The summed E-state index contributed by atoms with van der Waals surface area (Å²) in [6.45, 7) is 8.96. The average molecular weight is 242 g/mol. The van der Waals surface area contributed by atoms with Crippen molar-refractivity contribution in [2.75, 3.05) is 0 Å².